The van der Waals surface area contributed by atoms with Crippen molar-refractivity contribution in [2.45, 2.75) is 19.9 Å². The number of benzene rings is 2. The van der Waals surface area contributed by atoms with Gasteiger partial charge in [-0.1, -0.05) is 18.2 Å². The van der Waals surface area contributed by atoms with Crippen LogP contribution >= 0.6 is 24.0 Å². The van der Waals surface area contributed by atoms with Crippen molar-refractivity contribution in [3.63, 3.8) is 0 Å². The van der Waals surface area contributed by atoms with Gasteiger partial charge >= 0.3 is 0 Å². The summed E-state index contributed by atoms with van der Waals surface area (Å²) in [5, 5.41) is 6.31. The van der Waals surface area contributed by atoms with E-state index in [4.69, 9.17) is 15.2 Å². The SMILES string of the molecule is CCNC(=NCc1ccc(OC)c(OC)c1)NCC(Cc1ccc(F)cc1)C(N)=O.I. The molecule has 7 nitrogen and oxygen atoms in total. The maximum atomic E-state index is 13.1. The number of guanidine groups is 1. The van der Waals surface area contributed by atoms with E-state index in [-0.39, 0.29) is 29.8 Å². The molecule has 0 heterocycles. The van der Waals surface area contributed by atoms with Gasteiger partial charge in [0, 0.05) is 13.1 Å². The number of methoxy groups -OCH3 is 2. The molecule has 0 aliphatic heterocycles. The van der Waals surface area contributed by atoms with Crippen LogP contribution in [0.1, 0.15) is 18.1 Å². The molecule has 0 saturated carbocycles. The Morgan fingerprint density at radius 2 is 1.71 bits per heavy atom. The Kier molecular flexibility index (Phi) is 11.7. The Labute approximate surface area is 199 Å². The van der Waals surface area contributed by atoms with Gasteiger partial charge in [0.1, 0.15) is 5.82 Å². The summed E-state index contributed by atoms with van der Waals surface area (Å²) in [7, 11) is 3.17. The highest BCUT2D eigenvalue weighted by molar-refractivity contribution is 14.0. The van der Waals surface area contributed by atoms with Crippen LogP contribution in [0.5, 0.6) is 11.5 Å². The number of hydrogen-bond donors (Lipinski definition) is 3. The number of nitrogens with one attached hydrogen (secondary N) is 2. The smallest absolute Gasteiger partial charge is 0.222 e. The molecule has 0 aliphatic carbocycles. The normalized spacial score (nSPS) is 11.8. The first-order chi connectivity index (χ1) is 14.5. The molecule has 9 heteroatoms. The van der Waals surface area contributed by atoms with E-state index in [1.165, 1.54) is 12.1 Å². The van der Waals surface area contributed by atoms with E-state index in [1.54, 1.807) is 26.4 Å². The monoisotopic (exact) mass is 544 g/mol. The van der Waals surface area contributed by atoms with E-state index in [1.807, 2.05) is 25.1 Å². The van der Waals surface area contributed by atoms with Crippen molar-refractivity contribution in [1.29, 1.82) is 0 Å². The molecule has 0 bridgehead atoms. The minimum atomic E-state index is -0.458. The lowest BCUT2D eigenvalue weighted by molar-refractivity contribution is -0.121. The molecule has 0 fully saturated rings. The number of carbonyl (C=O) groups excluding carboxylic acids is 1. The van der Waals surface area contributed by atoms with Crippen molar-refractivity contribution in [2.75, 3.05) is 27.3 Å². The molecular weight excluding hydrogens is 514 g/mol. The summed E-state index contributed by atoms with van der Waals surface area (Å²) >= 11 is 0. The lowest BCUT2D eigenvalue weighted by atomic mass is 9.98. The van der Waals surface area contributed by atoms with E-state index in [2.05, 4.69) is 15.6 Å². The first-order valence-electron chi connectivity index (χ1n) is 9.73. The fourth-order valence-corrected chi connectivity index (χ4v) is 2.89. The van der Waals surface area contributed by atoms with Gasteiger partial charge < -0.3 is 25.8 Å². The third-order valence-corrected chi connectivity index (χ3v) is 4.53. The predicted octanol–water partition coefficient (Wildman–Crippen LogP) is 2.86. The van der Waals surface area contributed by atoms with Crippen LogP contribution in [0.25, 0.3) is 0 Å². The van der Waals surface area contributed by atoms with Gasteiger partial charge in [0.2, 0.25) is 5.91 Å². The Morgan fingerprint density at radius 1 is 1.06 bits per heavy atom. The van der Waals surface area contributed by atoms with Crippen LogP contribution in [-0.2, 0) is 17.8 Å². The molecule has 0 saturated heterocycles. The lowest BCUT2D eigenvalue weighted by Crippen LogP contribution is -2.43. The van der Waals surface area contributed by atoms with Gasteiger partial charge in [-0.05, 0) is 48.7 Å². The topological polar surface area (TPSA) is 98.0 Å². The van der Waals surface area contributed by atoms with E-state index in [0.717, 1.165) is 11.1 Å². The number of nitrogens with zero attached hydrogens (tertiary/aromatic N) is 1. The number of aliphatic imine (C=N–C) groups is 1. The summed E-state index contributed by atoms with van der Waals surface area (Å²) in [4.78, 5) is 16.4. The molecule has 1 atom stereocenters. The Hall–Kier alpha value is -2.56. The van der Waals surface area contributed by atoms with Crippen molar-refractivity contribution >= 4 is 35.8 Å². The van der Waals surface area contributed by atoms with Crippen LogP contribution < -0.4 is 25.8 Å². The number of carbonyl (C=O) groups is 1. The number of hydrogen-bond acceptors (Lipinski definition) is 4. The first-order valence-corrected chi connectivity index (χ1v) is 9.73. The third-order valence-electron chi connectivity index (χ3n) is 4.53. The number of amides is 1. The van der Waals surface area contributed by atoms with Gasteiger partial charge in [-0.15, -0.1) is 24.0 Å². The third kappa shape index (κ3) is 8.60. The average Bonchev–Trinajstić information content (AvgIpc) is 2.75. The van der Waals surface area contributed by atoms with Gasteiger partial charge in [0.25, 0.3) is 0 Å². The second kappa shape index (κ2) is 13.7. The molecule has 4 N–H and O–H groups in total. The molecule has 0 radical (unpaired) electrons. The number of ether oxygens (including phenoxy) is 2. The Morgan fingerprint density at radius 3 is 2.29 bits per heavy atom. The van der Waals surface area contributed by atoms with Crippen molar-refractivity contribution < 1.29 is 18.7 Å². The molecule has 1 amide bonds. The van der Waals surface area contributed by atoms with E-state index in [9.17, 15) is 9.18 Å². The zero-order valence-electron chi connectivity index (χ0n) is 18.0. The number of halogens is 2. The fraction of sp³-hybridized carbons (Fsp3) is 0.364. The van der Waals surface area contributed by atoms with Crippen LogP contribution in [0.2, 0.25) is 0 Å². The second-order valence-electron chi connectivity index (χ2n) is 6.70. The fourth-order valence-electron chi connectivity index (χ4n) is 2.89. The predicted molar refractivity (Wildman–Crippen MR) is 131 cm³/mol. The summed E-state index contributed by atoms with van der Waals surface area (Å²) in [5.74, 6) is 0.654. The van der Waals surface area contributed by atoms with Crippen molar-refractivity contribution in [3.8, 4) is 11.5 Å². The van der Waals surface area contributed by atoms with E-state index >= 15 is 0 Å². The summed E-state index contributed by atoms with van der Waals surface area (Å²) in [5.41, 5.74) is 7.35. The van der Waals surface area contributed by atoms with Crippen LogP contribution in [0.3, 0.4) is 0 Å². The maximum Gasteiger partial charge on any atom is 0.222 e. The van der Waals surface area contributed by atoms with E-state index in [0.29, 0.717) is 43.5 Å². The summed E-state index contributed by atoms with van der Waals surface area (Å²) in [6.07, 6.45) is 0.414. The minimum Gasteiger partial charge on any atom is -0.493 e. The molecule has 31 heavy (non-hydrogen) atoms. The highest BCUT2D eigenvalue weighted by atomic mass is 127. The summed E-state index contributed by atoms with van der Waals surface area (Å²) in [6.45, 7) is 3.34. The van der Waals surface area contributed by atoms with Gasteiger partial charge in [-0.2, -0.15) is 0 Å². The molecule has 0 aliphatic rings. The molecule has 0 spiro atoms. The first kappa shape index (κ1) is 26.5. The number of nitrogens with two attached hydrogens (primary N) is 1. The zero-order chi connectivity index (χ0) is 21.9. The summed E-state index contributed by atoms with van der Waals surface area (Å²) in [6, 6.07) is 11.7. The second-order valence-corrected chi connectivity index (χ2v) is 6.70. The number of rotatable bonds is 10. The largest absolute Gasteiger partial charge is 0.493 e. The zero-order valence-corrected chi connectivity index (χ0v) is 20.3. The molecular formula is C22H30FIN4O3. The minimum absolute atomic E-state index is 0. The molecule has 0 aromatic heterocycles. The van der Waals surface area contributed by atoms with Gasteiger partial charge in [0.15, 0.2) is 17.5 Å². The molecule has 170 valence electrons. The molecule has 1 unspecified atom stereocenters. The molecule has 2 rings (SSSR count). The van der Waals surface area contributed by atoms with Crippen molar-refractivity contribution in [1.82, 2.24) is 10.6 Å². The Balaban J connectivity index is 0.00000480. The lowest BCUT2D eigenvalue weighted by Gasteiger charge is -2.17. The van der Waals surface area contributed by atoms with E-state index < -0.39 is 11.8 Å². The molecule has 2 aromatic carbocycles. The van der Waals surface area contributed by atoms with Crippen LogP contribution in [0, 0.1) is 11.7 Å². The van der Waals surface area contributed by atoms with Gasteiger partial charge in [-0.3, -0.25) is 4.79 Å². The highest BCUT2D eigenvalue weighted by Gasteiger charge is 2.17. The Bertz CT molecular complexity index is 862. The van der Waals surface area contributed by atoms with Gasteiger partial charge in [0.05, 0.1) is 26.7 Å². The number of primary amides is 1. The summed E-state index contributed by atoms with van der Waals surface area (Å²) < 4.78 is 23.7. The average molecular weight is 544 g/mol. The van der Waals surface area contributed by atoms with Crippen LogP contribution in [-0.4, -0.2) is 39.2 Å². The van der Waals surface area contributed by atoms with Crippen molar-refractivity contribution in [3.05, 3.63) is 59.4 Å². The molecule has 2 aromatic rings. The van der Waals surface area contributed by atoms with Crippen LogP contribution in [0.4, 0.5) is 4.39 Å². The van der Waals surface area contributed by atoms with Gasteiger partial charge in [-0.25, -0.2) is 9.38 Å². The maximum absolute atomic E-state index is 13.1. The van der Waals surface area contributed by atoms with Crippen LogP contribution in [0.15, 0.2) is 47.5 Å². The highest BCUT2D eigenvalue weighted by Crippen LogP contribution is 2.27. The van der Waals surface area contributed by atoms with Crippen molar-refractivity contribution in [2.24, 2.45) is 16.6 Å². The standard InChI is InChI=1S/C22H29FN4O3.HI/c1-4-25-22(26-13-16-7-10-19(29-2)20(12-16)30-3)27-14-17(21(24)28)11-15-5-8-18(23)9-6-15;/h5-10,12,17H,4,11,13-14H2,1-3H3,(H2,24,28)(H2,25,26,27);1H. The quantitative estimate of drug-likeness (QED) is 0.243.